The Morgan fingerprint density at radius 2 is 1.62 bits per heavy atom. The third kappa shape index (κ3) is 5.45. The Bertz CT molecular complexity index is 973. The van der Waals surface area contributed by atoms with E-state index < -0.39 is 11.4 Å². The summed E-state index contributed by atoms with van der Waals surface area (Å²) in [5.74, 6) is -0.0828. The molecule has 0 saturated carbocycles. The molecule has 0 radical (unpaired) electrons. The molecule has 3 aromatic rings. The van der Waals surface area contributed by atoms with Crippen LogP contribution < -0.4 is 4.18 Å². The van der Waals surface area contributed by atoms with E-state index in [2.05, 4.69) is 4.98 Å². The van der Waals surface area contributed by atoms with Gasteiger partial charge in [-0.1, -0.05) is 88.3 Å². The van der Waals surface area contributed by atoms with Gasteiger partial charge in [0.1, 0.15) is 16.1 Å². The number of hydrogen-bond acceptors (Lipinski definition) is 5. The SMILES string of the molecule is O=C(OC(Cn1ccnc1)c1ccccc1)SOc1c(Cl)c(Cl)c(Cl)c(Cl)c1Cl. The summed E-state index contributed by atoms with van der Waals surface area (Å²) in [5.41, 5.74) is 0.809. The molecule has 2 aromatic carbocycles. The van der Waals surface area contributed by atoms with Gasteiger partial charge in [0.25, 0.3) is 0 Å². The molecule has 1 unspecified atom stereocenters. The predicted molar refractivity (Wildman–Crippen MR) is 118 cm³/mol. The van der Waals surface area contributed by atoms with Crippen LogP contribution in [0.25, 0.3) is 0 Å². The van der Waals surface area contributed by atoms with Crippen LogP contribution in [0, 0.1) is 0 Å². The van der Waals surface area contributed by atoms with Crippen molar-refractivity contribution in [2.75, 3.05) is 0 Å². The van der Waals surface area contributed by atoms with E-state index in [1.165, 1.54) is 0 Å². The van der Waals surface area contributed by atoms with Crippen molar-refractivity contribution in [3.05, 3.63) is 79.7 Å². The molecule has 3 rings (SSSR count). The highest BCUT2D eigenvalue weighted by atomic mass is 35.5. The number of imidazole rings is 1. The first-order valence-electron chi connectivity index (χ1n) is 7.95. The van der Waals surface area contributed by atoms with E-state index in [0.717, 1.165) is 5.56 Å². The topological polar surface area (TPSA) is 53.4 Å². The van der Waals surface area contributed by atoms with Crippen molar-refractivity contribution in [2.45, 2.75) is 12.6 Å². The molecule has 1 aromatic heterocycles. The molecule has 0 spiro atoms. The largest absolute Gasteiger partial charge is 0.445 e. The van der Waals surface area contributed by atoms with Gasteiger partial charge in [0.2, 0.25) is 0 Å². The van der Waals surface area contributed by atoms with Crippen molar-refractivity contribution >= 4 is 75.3 Å². The molecule has 0 N–H and O–H groups in total. The van der Waals surface area contributed by atoms with E-state index >= 15 is 0 Å². The maximum Gasteiger partial charge on any atom is 0.407 e. The molecular weight excluding hydrogens is 502 g/mol. The van der Waals surface area contributed by atoms with Crippen LogP contribution in [0.4, 0.5) is 4.79 Å². The highest BCUT2D eigenvalue weighted by Gasteiger charge is 2.24. The highest BCUT2D eigenvalue weighted by molar-refractivity contribution is 8.09. The number of carbonyl (C=O) groups excluding carboxylic acids is 1. The summed E-state index contributed by atoms with van der Waals surface area (Å²) in [6, 6.07) is 9.28. The van der Waals surface area contributed by atoms with E-state index in [1.54, 1.807) is 23.3 Å². The van der Waals surface area contributed by atoms with Crippen molar-refractivity contribution in [3.8, 4) is 5.75 Å². The summed E-state index contributed by atoms with van der Waals surface area (Å²) in [6.07, 6.45) is 4.46. The zero-order valence-corrected chi connectivity index (χ0v) is 18.9. The lowest BCUT2D eigenvalue weighted by Gasteiger charge is -2.18. The molecule has 152 valence electrons. The second-order valence-corrected chi connectivity index (χ2v) is 8.15. The van der Waals surface area contributed by atoms with Gasteiger partial charge in [0.05, 0.1) is 27.9 Å². The molecule has 0 aliphatic rings. The third-order valence-corrected chi connectivity index (χ3v) is 6.43. The van der Waals surface area contributed by atoms with E-state index in [4.69, 9.17) is 66.9 Å². The van der Waals surface area contributed by atoms with Gasteiger partial charge in [-0.2, -0.15) is 0 Å². The first kappa shape index (κ1) is 22.4. The second-order valence-electron chi connectivity index (χ2n) is 5.59. The van der Waals surface area contributed by atoms with Gasteiger partial charge in [0.15, 0.2) is 17.8 Å². The second kappa shape index (κ2) is 10.2. The van der Waals surface area contributed by atoms with Crippen molar-refractivity contribution in [3.63, 3.8) is 0 Å². The molecule has 0 aliphatic carbocycles. The van der Waals surface area contributed by atoms with Crippen molar-refractivity contribution < 1.29 is 13.7 Å². The van der Waals surface area contributed by atoms with Gasteiger partial charge in [-0.3, -0.25) is 0 Å². The minimum Gasteiger partial charge on any atom is -0.445 e. The van der Waals surface area contributed by atoms with Gasteiger partial charge in [-0.05, 0) is 5.56 Å². The molecule has 0 fully saturated rings. The van der Waals surface area contributed by atoms with Gasteiger partial charge in [0, 0.05) is 12.4 Å². The Morgan fingerprint density at radius 3 is 2.21 bits per heavy atom. The lowest BCUT2D eigenvalue weighted by Crippen LogP contribution is -2.14. The number of carbonyl (C=O) groups is 1. The van der Waals surface area contributed by atoms with E-state index in [9.17, 15) is 4.79 Å². The van der Waals surface area contributed by atoms with Crippen LogP contribution in [0.5, 0.6) is 5.75 Å². The first-order chi connectivity index (χ1) is 13.9. The quantitative estimate of drug-likeness (QED) is 0.146. The summed E-state index contributed by atoms with van der Waals surface area (Å²) in [4.78, 5) is 16.4. The highest BCUT2D eigenvalue weighted by Crippen LogP contribution is 2.49. The Balaban J connectivity index is 1.73. The van der Waals surface area contributed by atoms with Crippen molar-refractivity contribution in [2.24, 2.45) is 0 Å². The molecular formula is C18H11Cl5N2O3S. The Morgan fingerprint density at radius 1 is 1.00 bits per heavy atom. The maximum absolute atomic E-state index is 12.4. The normalized spacial score (nSPS) is 11.9. The molecule has 0 bridgehead atoms. The zero-order valence-electron chi connectivity index (χ0n) is 14.3. The lowest BCUT2D eigenvalue weighted by atomic mass is 10.1. The average Bonchev–Trinajstić information content (AvgIpc) is 3.24. The number of halogens is 5. The molecule has 1 heterocycles. The molecule has 0 amide bonds. The number of hydrogen-bond donors (Lipinski definition) is 0. The minimum absolute atomic E-state index is 0.00673. The van der Waals surface area contributed by atoms with Crippen molar-refractivity contribution in [1.82, 2.24) is 9.55 Å². The molecule has 1 atom stereocenters. The van der Waals surface area contributed by atoms with E-state index in [1.807, 2.05) is 30.3 Å². The standard InChI is InChI=1S/C18H11Cl5N2O3S/c19-12-13(20)15(22)17(16(23)14(12)21)28-29-18(26)27-11(8-25-7-6-24-9-25)10-4-2-1-3-5-10/h1-7,9,11H,8H2. The molecule has 0 saturated heterocycles. The van der Waals surface area contributed by atoms with Gasteiger partial charge >= 0.3 is 5.30 Å². The fraction of sp³-hybridized carbons (Fsp3) is 0.111. The Labute approximate surface area is 196 Å². The fourth-order valence-corrected chi connectivity index (χ4v) is 4.10. The van der Waals surface area contributed by atoms with Crippen LogP contribution in [-0.4, -0.2) is 14.9 Å². The van der Waals surface area contributed by atoms with Gasteiger partial charge in [-0.15, -0.1) is 0 Å². The fourth-order valence-electron chi connectivity index (χ4n) is 2.33. The number of benzene rings is 2. The van der Waals surface area contributed by atoms with E-state index in [0.29, 0.717) is 18.6 Å². The van der Waals surface area contributed by atoms with Crippen LogP contribution in [0.15, 0.2) is 49.1 Å². The minimum atomic E-state index is -0.715. The predicted octanol–water partition coefficient (Wildman–Crippen LogP) is 7.76. The monoisotopic (exact) mass is 510 g/mol. The van der Waals surface area contributed by atoms with Crippen LogP contribution >= 0.6 is 70.0 Å². The number of ether oxygens (including phenoxy) is 1. The third-order valence-electron chi connectivity index (χ3n) is 3.71. The summed E-state index contributed by atoms with van der Waals surface area (Å²) in [6.45, 7) is 0.371. The molecule has 0 aliphatic heterocycles. The van der Waals surface area contributed by atoms with Crippen LogP contribution in [-0.2, 0) is 11.3 Å². The van der Waals surface area contributed by atoms with Gasteiger partial charge < -0.3 is 13.5 Å². The Hall–Kier alpha value is -1.28. The van der Waals surface area contributed by atoms with Gasteiger partial charge in [-0.25, -0.2) is 9.78 Å². The average molecular weight is 513 g/mol. The van der Waals surface area contributed by atoms with Crippen molar-refractivity contribution in [1.29, 1.82) is 0 Å². The zero-order chi connectivity index (χ0) is 21.0. The van der Waals surface area contributed by atoms with E-state index in [-0.39, 0.29) is 30.9 Å². The van der Waals surface area contributed by atoms with Crippen LogP contribution in [0.1, 0.15) is 11.7 Å². The summed E-state index contributed by atoms with van der Waals surface area (Å²) in [5, 5.41) is -0.919. The molecule has 29 heavy (non-hydrogen) atoms. The molecule has 5 nitrogen and oxygen atoms in total. The number of rotatable bonds is 6. The summed E-state index contributed by atoms with van der Waals surface area (Å²) in [7, 11) is 0. The smallest absolute Gasteiger partial charge is 0.407 e. The Kier molecular flexibility index (Phi) is 7.85. The van der Waals surface area contributed by atoms with Crippen LogP contribution in [0.3, 0.4) is 0 Å². The summed E-state index contributed by atoms with van der Waals surface area (Å²) >= 11 is 30.5. The first-order valence-corrected chi connectivity index (χ1v) is 10.6. The lowest BCUT2D eigenvalue weighted by molar-refractivity contribution is 0.110. The molecule has 11 heteroatoms. The maximum atomic E-state index is 12.4. The number of nitrogens with zero attached hydrogens (tertiary/aromatic N) is 2. The van der Waals surface area contributed by atoms with Crippen LogP contribution in [0.2, 0.25) is 25.1 Å². The summed E-state index contributed by atoms with van der Waals surface area (Å²) < 4.78 is 12.7. The number of aromatic nitrogens is 2.